The Hall–Kier alpha value is -2.03. The summed E-state index contributed by atoms with van der Waals surface area (Å²) in [4.78, 5) is 25.1. The molecule has 0 saturated carbocycles. The third kappa shape index (κ3) is 5.12. The second kappa shape index (κ2) is 8.77. The van der Waals surface area contributed by atoms with E-state index in [0.717, 1.165) is 10.5 Å². The number of nitrogens with one attached hydrogen (secondary N) is 2. The molecule has 0 unspecified atom stereocenters. The zero-order chi connectivity index (χ0) is 21.2. The first-order valence-electron chi connectivity index (χ1n) is 9.03. The van der Waals surface area contributed by atoms with Gasteiger partial charge in [-0.05, 0) is 55.8 Å². The molecule has 2 N–H and O–H groups in total. The monoisotopic (exact) mass is 452 g/mol. The van der Waals surface area contributed by atoms with Gasteiger partial charge in [-0.3, -0.25) is 9.59 Å². The summed E-state index contributed by atoms with van der Waals surface area (Å²) in [6, 6.07) is 9.75. The Bertz CT molecular complexity index is 1070. The van der Waals surface area contributed by atoms with Crippen molar-refractivity contribution in [2.24, 2.45) is 0 Å². The number of carbonyl (C=O) groups is 2. The van der Waals surface area contributed by atoms with Crippen LogP contribution in [0.1, 0.15) is 25.3 Å². The summed E-state index contributed by atoms with van der Waals surface area (Å²) in [5.41, 5.74) is 1.88. The van der Waals surface area contributed by atoms with Crippen molar-refractivity contribution in [3.63, 3.8) is 0 Å². The van der Waals surface area contributed by atoms with Gasteiger partial charge in [0.15, 0.2) is 9.84 Å². The molecule has 1 atom stereocenters. The van der Waals surface area contributed by atoms with Gasteiger partial charge >= 0.3 is 0 Å². The van der Waals surface area contributed by atoms with Crippen LogP contribution in [0.4, 0.5) is 11.4 Å². The zero-order valence-corrected chi connectivity index (χ0v) is 18.4. The number of carbonyl (C=O) groups excluding carboxylic acids is 2. The highest BCUT2D eigenvalue weighted by Gasteiger charge is 2.27. The summed E-state index contributed by atoms with van der Waals surface area (Å²) in [6.07, 6.45) is 0.185. The lowest BCUT2D eigenvalue weighted by Gasteiger charge is -2.15. The van der Waals surface area contributed by atoms with Crippen molar-refractivity contribution in [2.45, 2.75) is 41.7 Å². The van der Waals surface area contributed by atoms with Gasteiger partial charge in [0.2, 0.25) is 11.8 Å². The predicted octanol–water partition coefficient (Wildman–Crippen LogP) is 4.27. The Morgan fingerprint density at radius 1 is 1.28 bits per heavy atom. The van der Waals surface area contributed by atoms with Crippen molar-refractivity contribution in [1.82, 2.24) is 0 Å². The minimum absolute atomic E-state index is 0.0852. The Morgan fingerprint density at radius 2 is 2.03 bits per heavy atom. The highest BCUT2D eigenvalue weighted by Crippen LogP contribution is 2.33. The fourth-order valence-corrected chi connectivity index (χ4v) is 5.49. The topological polar surface area (TPSA) is 92.3 Å². The molecule has 1 heterocycles. The molecule has 0 saturated heterocycles. The first-order valence-corrected chi connectivity index (χ1v) is 11.9. The number of benzene rings is 2. The Labute approximate surface area is 179 Å². The quantitative estimate of drug-likeness (QED) is 0.706. The average Bonchev–Trinajstić information content (AvgIpc) is 2.83. The molecule has 0 fully saturated rings. The summed E-state index contributed by atoms with van der Waals surface area (Å²) < 4.78 is 25.9. The lowest BCUT2D eigenvalue weighted by molar-refractivity contribution is -0.116. The number of amides is 2. The molecule has 9 heteroatoms. The first-order chi connectivity index (χ1) is 13.7. The lowest BCUT2D eigenvalue weighted by Crippen LogP contribution is -2.25. The van der Waals surface area contributed by atoms with Crippen LogP contribution in [0.5, 0.6) is 0 Å². The summed E-state index contributed by atoms with van der Waals surface area (Å²) >= 11 is 7.42. The van der Waals surface area contributed by atoms with Crippen molar-refractivity contribution < 1.29 is 18.0 Å². The number of thioether (sulfide) groups is 1. The predicted molar refractivity (Wildman–Crippen MR) is 116 cm³/mol. The second-order valence-electron chi connectivity index (χ2n) is 6.87. The van der Waals surface area contributed by atoms with Crippen LogP contribution in [0, 0.1) is 6.92 Å². The molecule has 6 nitrogen and oxygen atoms in total. The highest BCUT2D eigenvalue weighted by molar-refractivity contribution is 7.99. The molecule has 2 aromatic rings. The standard InChI is InChI=1S/C20H21ClN2O4S2/c1-12-9-14(21)3-5-16(12)22-20(25)10-13(2)29(26,27)15-4-6-18-17(11-15)23-19(24)7-8-28-18/h3-6,9,11,13H,7-8,10H2,1-2H3,(H,22,25)(H,23,24)/t13-/m1/s1. The van der Waals surface area contributed by atoms with Gasteiger partial charge in [0.05, 0.1) is 15.8 Å². The van der Waals surface area contributed by atoms with Crippen LogP contribution in [0.25, 0.3) is 0 Å². The molecular weight excluding hydrogens is 432 g/mol. The van der Waals surface area contributed by atoms with Gasteiger partial charge in [-0.25, -0.2) is 8.42 Å². The van der Waals surface area contributed by atoms with Crippen LogP contribution in [0.2, 0.25) is 5.02 Å². The number of aryl methyl sites for hydroxylation is 1. The van der Waals surface area contributed by atoms with Crippen LogP contribution < -0.4 is 10.6 Å². The third-order valence-corrected chi connectivity index (χ3v) is 8.05. The van der Waals surface area contributed by atoms with Crippen LogP contribution in [-0.4, -0.2) is 31.2 Å². The van der Waals surface area contributed by atoms with E-state index in [4.69, 9.17) is 11.6 Å². The highest BCUT2D eigenvalue weighted by atomic mass is 35.5. The van der Waals surface area contributed by atoms with Crippen molar-refractivity contribution in [3.05, 3.63) is 47.0 Å². The number of fused-ring (bicyclic) bond motifs is 1. The number of halogens is 1. The number of rotatable bonds is 5. The Balaban J connectivity index is 1.75. The molecule has 0 bridgehead atoms. The number of hydrogen-bond donors (Lipinski definition) is 2. The van der Waals surface area contributed by atoms with E-state index >= 15 is 0 Å². The summed E-state index contributed by atoms with van der Waals surface area (Å²) in [6.45, 7) is 3.31. The molecule has 2 aromatic carbocycles. The summed E-state index contributed by atoms with van der Waals surface area (Å²) in [5, 5.41) is 5.11. The van der Waals surface area contributed by atoms with E-state index in [1.54, 1.807) is 24.3 Å². The number of hydrogen-bond acceptors (Lipinski definition) is 5. The third-order valence-electron chi connectivity index (χ3n) is 4.61. The van der Waals surface area contributed by atoms with Crippen molar-refractivity contribution in [3.8, 4) is 0 Å². The SMILES string of the molecule is Cc1cc(Cl)ccc1NC(=O)C[C@@H](C)S(=O)(=O)c1ccc2c(c1)NC(=O)CCS2. The molecule has 29 heavy (non-hydrogen) atoms. The van der Waals surface area contributed by atoms with Gasteiger partial charge in [-0.1, -0.05) is 11.6 Å². The van der Waals surface area contributed by atoms with E-state index in [0.29, 0.717) is 28.6 Å². The molecule has 3 rings (SSSR count). The molecule has 2 amide bonds. The van der Waals surface area contributed by atoms with E-state index in [9.17, 15) is 18.0 Å². The number of anilines is 2. The van der Waals surface area contributed by atoms with E-state index in [2.05, 4.69) is 10.6 Å². The largest absolute Gasteiger partial charge is 0.326 e. The normalized spacial score (nSPS) is 15.1. The molecule has 0 spiro atoms. The molecule has 1 aliphatic heterocycles. The average molecular weight is 453 g/mol. The van der Waals surface area contributed by atoms with E-state index in [1.165, 1.54) is 30.8 Å². The number of sulfone groups is 1. The molecule has 0 aromatic heterocycles. The van der Waals surface area contributed by atoms with Crippen molar-refractivity contribution in [1.29, 1.82) is 0 Å². The van der Waals surface area contributed by atoms with Gasteiger partial charge in [0.1, 0.15) is 0 Å². The Morgan fingerprint density at radius 3 is 2.76 bits per heavy atom. The van der Waals surface area contributed by atoms with Gasteiger partial charge < -0.3 is 10.6 Å². The molecule has 154 valence electrons. The van der Waals surface area contributed by atoms with E-state index < -0.39 is 21.0 Å². The fraction of sp³-hybridized carbons (Fsp3) is 0.300. The minimum Gasteiger partial charge on any atom is -0.326 e. The van der Waals surface area contributed by atoms with Crippen molar-refractivity contribution in [2.75, 3.05) is 16.4 Å². The lowest BCUT2D eigenvalue weighted by atomic mass is 10.2. The van der Waals surface area contributed by atoms with Gasteiger partial charge in [0, 0.05) is 34.2 Å². The maximum absolute atomic E-state index is 13.0. The van der Waals surface area contributed by atoms with Crippen LogP contribution in [0.3, 0.4) is 0 Å². The molecule has 0 radical (unpaired) electrons. The molecule has 1 aliphatic rings. The molecular formula is C20H21ClN2O4S2. The van der Waals surface area contributed by atoms with E-state index in [-0.39, 0.29) is 17.2 Å². The first kappa shape index (κ1) is 21.7. The van der Waals surface area contributed by atoms with Gasteiger partial charge in [-0.2, -0.15) is 0 Å². The smallest absolute Gasteiger partial charge is 0.225 e. The zero-order valence-electron chi connectivity index (χ0n) is 16.0. The summed E-state index contributed by atoms with van der Waals surface area (Å²) in [7, 11) is -3.75. The molecule has 0 aliphatic carbocycles. The van der Waals surface area contributed by atoms with Crippen LogP contribution in [0.15, 0.2) is 46.2 Å². The van der Waals surface area contributed by atoms with Crippen molar-refractivity contribution >= 4 is 56.4 Å². The maximum atomic E-state index is 13.0. The second-order valence-corrected chi connectivity index (χ2v) is 10.8. The van der Waals surface area contributed by atoms with Crippen LogP contribution >= 0.6 is 23.4 Å². The van der Waals surface area contributed by atoms with Gasteiger partial charge in [-0.15, -0.1) is 11.8 Å². The fourth-order valence-electron chi connectivity index (χ4n) is 2.95. The Kier molecular flexibility index (Phi) is 6.55. The minimum atomic E-state index is -3.75. The maximum Gasteiger partial charge on any atom is 0.225 e. The van der Waals surface area contributed by atoms with Gasteiger partial charge in [0.25, 0.3) is 0 Å². The van der Waals surface area contributed by atoms with E-state index in [1.807, 2.05) is 6.92 Å². The summed E-state index contributed by atoms with van der Waals surface area (Å²) in [5.74, 6) is 0.104. The van der Waals surface area contributed by atoms with Crippen LogP contribution in [-0.2, 0) is 19.4 Å².